The van der Waals surface area contributed by atoms with E-state index >= 15 is 0 Å². The number of benzene rings is 2. The number of carbonyl (C=O) groups excluding carboxylic acids is 1. The summed E-state index contributed by atoms with van der Waals surface area (Å²) in [4.78, 5) is 39.2. The van der Waals surface area contributed by atoms with Crippen molar-refractivity contribution in [3.8, 4) is 5.69 Å². The first-order valence-electron chi connectivity index (χ1n) is 10.7. The predicted octanol–water partition coefficient (Wildman–Crippen LogP) is 1.97. The van der Waals surface area contributed by atoms with Crippen molar-refractivity contribution in [1.82, 2.24) is 19.7 Å². The van der Waals surface area contributed by atoms with E-state index in [4.69, 9.17) is 4.74 Å². The van der Waals surface area contributed by atoms with Gasteiger partial charge in [-0.15, -0.1) is 0 Å². The van der Waals surface area contributed by atoms with E-state index in [9.17, 15) is 14.4 Å². The van der Waals surface area contributed by atoms with Crippen LogP contribution in [-0.2, 0) is 11.3 Å². The van der Waals surface area contributed by atoms with Crippen LogP contribution in [-0.4, -0.2) is 39.5 Å². The van der Waals surface area contributed by atoms with Gasteiger partial charge in [-0.05, 0) is 49.9 Å². The van der Waals surface area contributed by atoms with Gasteiger partial charge < -0.3 is 10.1 Å². The minimum atomic E-state index is -0.718. The Hall–Kier alpha value is -3.52. The Bertz CT molecular complexity index is 1240. The number of aryl methyl sites for hydroxylation is 2. The predicted molar refractivity (Wildman–Crippen MR) is 120 cm³/mol. The molecule has 3 aromatic rings. The van der Waals surface area contributed by atoms with Crippen molar-refractivity contribution in [2.24, 2.45) is 0 Å². The van der Waals surface area contributed by atoms with Gasteiger partial charge in [0.25, 0.3) is 11.5 Å². The van der Waals surface area contributed by atoms with Crippen LogP contribution in [0.5, 0.6) is 0 Å². The minimum Gasteiger partial charge on any atom is -0.376 e. The van der Waals surface area contributed by atoms with Gasteiger partial charge in [0.15, 0.2) is 0 Å². The van der Waals surface area contributed by atoms with Crippen LogP contribution >= 0.6 is 0 Å². The standard InChI is InChI=1S/C24H26N4O4/c1-16-8-10-18(11-9-16)15-27-23(30)21(22(29)25-14-20-7-4-12-32-20)26-28(24(27)31)19-6-3-5-17(2)13-19/h3,5-6,8-11,13,20H,4,7,12,14-15H2,1-2H3,(H,25,29)/t20-/m0/s1. The first kappa shape index (κ1) is 21.7. The Balaban J connectivity index is 1.76. The topological polar surface area (TPSA) is 95.2 Å². The summed E-state index contributed by atoms with van der Waals surface area (Å²) in [6.45, 7) is 4.86. The molecule has 2 heterocycles. The fourth-order valence-electron chi connectivity index (χ4n) is 3.70. The third kappa shape index (κ3) is 4.70. The van der Waals surface area contributed by atoms with Crippen LogP contribution in [0.4, 0.5) is 0 Å². The van der Waals surface area contributed by atoms with Crippen molar-refractivity contribution < 1.29 is 9.53 Å². The minimum absolute atomic E-state index is 0.0400. The van der Waals surface area contributed by atoms with E-state index in [0.717, 1.165) is 38.8 Å². The summed E-state index contributed by atoms with van der Waals surface area (Å²) in [7, 11) is 0. The molecular weight excluding hydrogens is 408 g/mol. The van der Waals surface area contributed by atoms with Gasteiger partial charge >= 0.3 is 5.69 Å². The third-order valence-corrected chi connectivity index (χ3v) is 5.50. The maximum absolute atomic E-state index is 13.2. The van der Waals surface area contributed by atoms with E-state index in [1.165, 1.54) is 0 Å². The molecule has 0 saturated carbocycles. The molecule has 1 saturated heterocycles. The van der Waals surface area contributed by atoms with Crippen molar-refractivity contribution >= 4 is 5.91 Å². The van der Waals surface area contributed by atoms with Crippen molar-refractivity contribution in [1.29, 1.82) is 0 Å². The van der Waals surface area contributed by atoms with Gasteiger partial charge in [-0.2, -0.15) is 9.78 Å². The Morgan fingerprint density at radius 1 is 1.12 bits per heavy atom. The highest BCUT2D eigenvalue weighted by Crippen LogP contribution is 2.11. The molecule has 1 N–H and O–H groups in total. The van der Waals surface area contributed by atoms with E-state index in [1.54, 1.807) is 18.2 Å². The van der Waals surface area contributed by atoms with E-state index < -0.39 is 17.2 Å². The van der Waals surface area contributed by atoms with Crippen LogP contribution in [0, 0.1) is 13.8 Å². The lowest BCUT2D eigenvalue weighted by atomic mass is 10.1. The van der Waals surface area contributed by atoms with Gasteiger partial charge in [-0.1, -0.05) is 42.0 Å². The van der Waals surface area contributed by atoms with Gasteiger partial charge in [0.05, 0.1) is 18.3 Å². The van der Waals surface area contributed by atoms with Crippen LogP contribution < -0.4 is 16.6 Å². The van der Waals surface area contributed by atoms with Gasteiger partial charge in [0.1, 0.15) is 0 Å². The lowest BCUT2D eigenvalue weighted by molar-refractivity contribution is 0.0849. The molecule has 1 atom stereocenters. The normalized spacial score (nSPS) is 15.6. The van der Waals surface area contributed by atoms with Crippen LogP contribution in [0.2, 0.25) is 0 Å². The first-order chi connectivity index (χ1) is 15.4. The maximum atomic E-state index is 13.2. The molecule has 4 rings (SSSR count). The Labute approximate surface area is 185 Å². The molecule has 1 fully saturated rings. The first-order valence-corrected chi connectivity index (χ1v) is 10.7. The summed E-state index contributed by atoms with van der Waals surface area (Å²) in [6, 6.07) is 14.7. The number of rotatable bonds is 6. The molecule has 166 valence electrons. The fraction of sp³-hybridized carbons (Fsp3) is 0.333. The lowest BCUT2D eigenvalue weighted by Crippen LogP contribution is -2.46. The molecule has 32 heavy (non-hydrogen) atoms. The average Bonchev–Trinajstić information content (AvgIpc) is 3.30. The zero-order valence-electron chi connectivity index (χ0n) is 18.2. The molecule has 0 bridgehead atoms. The maximum Gasteiger partial charge on any atom is 0.352 e. The second-order valence-corrected chi connectivity index (χ2v) is 8.10. The molecule has 0 unspecified atom stereocenters. The number of ether oxygens (including phenoxy) is 1. The van der Waals surface area contributed by atoms with Gasteiger partial charge in [-0.3, -0.25) is 14.2 Å². The van der Waals surface area contributed by atoms with Crippen molar-refractivity contribution in [2.45, 2.75) is 39.3 Å². The number of hydrogen-bond acceptors (Lipinski definition) is 5. The lowest BCUT2D eigenvalue weighted by Gasteiger charge is -2.14. The van der Waals surface area contributed by atoms with Crippen molar-refractivity contribution in [3.63, 3.8) is 0 Å². The number of carbonyl (C=O) groups is 1. The summed E-state index contributed by atoms with van der Waals surface area (Å²) in [5.41, 5.74) is 1.62. The van der Waals surface area contributed by atoms with Crippen molar-refractivity contribution in [2.75, 3.05) is 13.2 Å². The highest BCUT2D eigenvalue weighted by Gasteiger charge is 2.22. The molecular formula is C24H26N4O4. The molecule has 1 aromatic heterocycles. The molecule has 2 aromatic carbocycles. The van der Waals surface area contributed by atoms with Gasteiger partial charge in [-0.25, -0.2) is 4.79 Å². The molecule has 1 aliphatic rings. The summed E-state index contributed by atoms with van der Waals surface area (Å²) in [5.74, 6) is -0.621. The molecule has 1 aliphatic heterocycles. The Kier molecular flexibility index (Phi) is 6.32. The smallest absolute Gasteiger partial charge is 0.352 e. The van der Waals surface area contributed by atoms with E-state index in [2.05, 4.69) is 10.4 Å². The van der Waals surface area contributed by atoms with Crippen molar-refractivity contribution in [3.05, 3.63) is 91.8 Å². The van der Waals surface area contributed by atoms with E-state index in [-0.39, 0.29) is 18.3 Å². The summed E-state index contributed by atoms with van der Waals surface area (Å²) < 4.78 is 7.70. The van der Waals surface area contributed by atoms with Crippen LogP contribution in [0.1, 0.15) is 40.0 Å². The average molecular weight is 434 g/mol. The van der Waals surface area contributed by atoms with Crippen LogP contribution in [0.15, 0.2) is 58.1 Å². The monoisotopic (exact) mass is 434 g/mol. The number of nitrogens with one attached hydrogen (secondary N) is 1. The second kappa shape index (κ2) is 9.32. The number of hydrogen-bond donors (Lipinski definition) is 1. The molecule has 0 radical (unpaired) electrons. The number of amides is 1. The van der Waals surface area contributed by atoms with Gasteiger partial charge in [0, 0.05) is 13.2 Å². The fourth-order valence-corrected chi connectivity index (χ4v) is 3.70. The Morgan fingerprint density at radius 3 is 2.59 bits per heavy atom. The van der Waals surface area contributed by atoms with E-state index in [0.29, 0.717) is 18.8 Å². The number of aromatic nitrogens is 3. The van der Waals surface area contributed by atoms with E-state index in [1.807, 2.05) is 44.2 Å². The Morgan fingerprint density at radius 2 is 1.91 bits per heavy atom. The molecule has 0 spiro atoms. The van der Waals surface area contributed by atoms with Crippen LogP contribution in [0.3, 0.4) is 0 Å². The summed E-state index contributed by atoms with van der Waals surface area (Å²) >= 11 is 0. The summed E-state index contributed by atoms with van der Waals surface area (Å²) in [5, 5.41) is 6.90. The zero-order valence-corrected chi connectivity index (χ0v) is 18.2. The molecule has 0 aliphatic carbocycles. The number of nitrogens with zero attached hydrogens (tertiary/aromatic N) is 3. The summed E-state index contributed by atoms with van der Waals surface area (Å²) in [6.07, 6.45) is 1.73. The molecule has 8 nitrogen and oxygen atoms in total. The van der Waals surface area contributed by atoms with Gasteiger partial charge in [0.2, 0.25) is 5.69 Å². The quantitative estimate of drug-likeness (QED) is 0.640. The van der Waals surface area contributed by atoms with Crippen LogP contribution in [0.25, 0.3) is 5.69 Å². The SMILES string of the molecule is Cc1ccc(Cn2c(=O)c(C(=O)NC[C@@H]3CCCO3)nn(-c3cccc(C)c3)c2=O)cc1. The molecule has 1 amide bonds. The highest BCUT2D eigenvalue weighted by atomic mass is 16.5. The second-order valence-electron chi connectivity index (χ2n) is 8.10. The third-order valence-electron chi connectivity index (χ3n) is 5.50. The largest absolute Gasteiger partial charge is 0.376 e. The highest BCUT2D eigenvalue weighted by molar-refractivity contribution is 5.91. The molecule has 8 heteroatoms. The zero-order chi connectivity index (χ0) is 22.7.